The SMILES string of the molecule is CCCSC(C)(C)C=NC(C)(C)C. The summed E-state index contributed by atoms with van der Waals surface area (Å²) in [4.78, 5) is 4.54. The Morgan fingerprint density at radius 2 is 1.69 bits per heavy atom. The first-order valence-electron chi connectivity index (χ1n) is 4.97. The Hall–Kier alpha value is 0.0200. The third kappa shape index (κ3) is 8.35. The largest absolute Gasteiger partial charge is 0.290 e. The van der Waals surface area contributed by atoms with Crippen molar-refractivity contribution in [3.8, 4) is 0 Å². The van der Waals surface area contributed by atoms with Gasteiger partial charge in [0.25, 0.3) is 0 Å². The monoisotopic (exact) mass is 201 g/mol. The summed E-state index contributed by atoms with van der Waals surface area (Å²) in [5, 5.41) is 0. The van der Waals surface area contributed by atoms with Crippen molar-refractivity contribution in [3.05, 3.63) is 0 Å². The van der Waals surface area contributed by atoms with E-state index in [0.717, 1.165) is 0 Å². The predicted octanol–water partition coefficient (Wildman–Crippen LogP) is 3.78. The van der Waals surface area contributed by atoms with Gasteiger partial charge in [-0.15, -0.1) is 11.8 Å². The van der Waals surface area contributed by atoms with Gasteiger partial charge in [0.2, 0.25) is 0 Å². The number of nitrogens with zero attached hydrogens (tertiary/aromatic N) is 1. The molecule has 0 fully saturated rings. The molecule has 0 heterocycles. The molecular formula is C11H23NS. The summed E-state index contributed by atoms with van der Waals surface area (Å²) in [6.45, 7) is 13.0. The predicted molar refractivity (Wildman–Crippen MR) is 65.1 cm³/mol. The quantitative estimate of drug-likeness (QED) is 0.631. The molecule has 0 aromatic carbocycles. The average molecular weight is 201 g/mol. The molecule has 0 unspecified atom stereocenters. The number of aliphatic imine (C=N–C) groups is 1. The molecule has 0 aliphatic heterocycles. The van der Waals surface area contributed by atoms with Crippen molar-refractivity contribution in [3.63, 3.8) is 0 Å². The van der Waals surface area contributed by atoms with Crippen LogP contribution in [0.25, 0.3) is 0 Å². The number of hydrogen-bond acceptors (Lipinski definition) is 2. The van der Waals surface area contributed by atoms with Gasteiger partial charge in [-0.1, -0.05) is 6.92 Å². The van der Waals surface area contributed by atoms with Gasteiger partial charge in [0.1, 0.15) is 0 Å². The second-order valence-corrected chi connectivity index (χ2v) is 6.63. The summed E-state index contributed by atoms with van der Waals surface area (Å²) < 4.78 is 0.184. The summed E-state index contributed by atoms with van der Waals surface area (Å²) in [5.41, 5.74) is 0.0596. The van der Waals surface area contributed by atoms with E-state index in [-0.39, 0.29) is 10.3 Å². The highest BCUT2D eigenvalue weighted by molar-refractivity contribution is 8.01. The van der Waals surface area contributed by atoms with E-state index in [0.29, 0.717) is 0 Å². The minimum absolute atomic E-state index is 0.0596. The molecule has 0 N–H and O–H groups in total. The first-order chi connectivity index (χ1) is 5.77. The van der Waals surface area contributed by atoms with Crippen LogP contribution in [0.3, 0.4) is 0 Å². The van der Waals surface area contributed by atoms with Gasteiger partial charge in [-0.2, -0.15) is 0 Å². The average Bonchev–Trinajstić information content (AvgIpc) is 1.97. The van der Waals surface area contributed by atoms with Crippen molar-refractivity contribution in [2.24, 2.45) is 4.99 Å². The van der Waals surface area contributed by atoms with Crippen LogP contribution in [-0.2, 0) is 0 Å². The molecule has 0 aromatic rings. The third-order valence-corrected chi connectivity index (χ3v) is 2.90. The number of rotatable bonds is 4. The molecular weight excluding hydrogens is 178 g/mol. The Bertz CT molecular complexity index is 165. The molecule has 1 nitrogen and oxygen atoms in total. The number of thioether (sulfide) groups is 1. The molecule has 0 aromatic heterocycles. The van der Waals surface area contributed by atoms with Crippen LogP contribution in [0.2, 0.25) is 0 Å². The highest BCUT2D eigenvalue weighted by Crippen LogP contribution is 2.23. The zero-order chi connectivity index (χ0) is 10.5. The molecule has 0 saturated heterocycles. The van der Waals surface area contributed by atoms with E-state index in [9.17, 15) is 0 Å². The van der Waals surface area contributed by atoms with Crippen LogP contribution >= 0.6 is 11.8 Å². The molecule has 0 bridgehead atoms. The van der Waals surface area contributed by atoms with Crippen LogP contribution in [0.4, 0.5) is 0 Å². The number of hydrogen-bond donors (Lipinski definition) is 0. The van der Waals surface area contributed by atoms with E-state index in [1.807, 2.05) is 11.8 Å². The zero-order valence-corrected chi connectivity index (χ0v) is 10.7. The third-order valence-electron chi connectivity index (χ3n) is 1.44. The second-order valence-electron chi connectivity index (χ2n) is 4.88. The molecule has 0 saturated carbocycles. The molecule has 0 aliphatic carbocycles. The summed E-state index contributed by atoms with van der Waals surface area (Å²) in [5.74, 6) is 1.21. The Balaban J connectivity index is 4.08. The summed E-state index contributed by atoms with van der Waals surface area (Å²) in [6, 6.07) is 0. The van der Waals surface area contributed by atoms with Gasteiger partial charge in [-0.25, -0.2) is 0 Å². The molecule has 0 spiro atoms. The maximum absolute atomic E-state index is 4.54. The molecule has 0 radical (unpaired) electrons. The Kier molecular flexibility index (Phi) is 5.05. The fourth-order valence-electron chi connectivity index (χ4n) is 0.751. The fraction of sp³-hybridized carbons (Fsp3) is 0.909. The van der Waals surface area contributed by atoms with Gasteiger partial charge in [-0.3, -0.25) is 4.99 Å². The van der Waals surface area contributed by atoms with Crippen molar-refractivity contribution in [1.82, 2.24) is 0 Å². The van der Waals surface area contributed by atoms with Crippen LogP contribution in [0, 0.1) is 0 Å². The minimum Gasteiger partial charge on any atom is -0.290 e. The summed E-state index contributed by atoms with van der Waals surface area (Å²) >= 11 is 1.97. The Morgan fingerprint density at radius 3 is 2.08 bits per heavy atom. The molecule has 0 rings (SSSR count). The van der Waals surface area contributed by atoms with E-state index in [1.54, 1.807) is 0 Å². The lowest BCUT2D eigenvalue weighted by Crippen LogP contribution is -2.21. The van der Waals surface area contributed by atoms with Crippen LogP contribution < -0.4 is 0 Å². The second kappa shape index (κ2) is 5.04. The molecule has 78 valence electrons. The van der Waals surface area contributed by atoms with Crippen LogP contribution in [0.1, 0.15) is 48.0 Å². The maximum Gasteiger partial charge on any atom is 0.0520 e. The Labute approximate surface area is 87.4 Å². The first-order valence-corrected chi connectivity index (χ1v) is 5.96. The smallest absolute Gasteiger partial charge is 0.0520 e. The van der Waals surface area contributed by atoms with Gasteiger partial charge >= 0.3 is 0 Å². The van der Waals surface area contributed by atoms with Gasteiger partial charge < -0.3 is 0 Å². The first kappa shape index (κ1) is 13.0. The fourth-order valence-corrected chi connectivity index (χ4v) is 1.61. The van der Waals surface area contributed by atoms with Gasteiger partial charge in [-0.05, 0) is 46.8 Å². The summed E-state index contributed by atoms with van der Waals surface area (Å²) in [7, 11) is 0. The van der Waals surface area contributed by atoms with E-state index in [2.05, 4.69) is 52.7 Å². The summed E-state index contributed by atoms with van der Waals surface area (Å²) in [6.07, 6.45) is 3.32. The lowest BCUT2D eigenvalue weighted by atomic mass is 10.1. The van der Waals surface area contributed by atoms with Crippen molar-refractivity contribution < 1.29 is 0 Å². The van der Waals surface area contributed by atoms with Crippen molar-refractivity contribution in [1.29, 1.82) is 0 Å². The molecule has 0 aliphatic rings. The Morgan fingerprint density at radius 1 is 1.15 bits per heavy atom. The lowest BCUT2D eigenvalue weighted by Gasteiger charge is -2.21. The standard InChI is InChI=1S/C11H23NS/c1-7-8-13-11(5,6)9-12-10(2,3)4/h9H,7-8H2,1-6H3. The van der Waals surface area contributed by atoms with E-state index in [1.165, 1.54) is 12.2 Å². The zero-order valence-electron chi connectivity index (χ0n) is 9.85. The molecule has 0 atom stereocenters. The highest BCUT2D eigenvalue weighted by Gasteiger charge is 2.16. The van der Waals surface area contributed by atoms with Gasteiger partial charge in [0, 0.05) is 11.0 Å². The molecule has 2 heteroatoms. The topological polar surface area (TPSA) is 12.4 Å². The lowest BCUT2D eigenvalue weighted by molar-refractivity contribution is 0.583. The van der Waals surface area contributed by atoms with Crippen molar-refractivity contribution in [2.45, 2.75) is 58.2 Å². The van der Waals surface area contributed by atoms with Crippen LogP contribution in [0.15, 0.2) is 4.99 Å². The highest BCUT2D eigenvalue weighted by atomic mass is 32.2. The van der Waals surface area contributed by atoms with Crippen molar-refractivity contribution >= 4 is 18.0 Å². The van der Waals surface area contributed by atoms with E-state index in [4.69, 9.17) is 0 Å². The van der Waals surface area contributed by atoms with Crippen LogP contribution in [-0.4, -0.2) is 22.3 Å². The van der Waals surface area contributed by atoms with E-state index < -0.39 is 0 Å². The van der Waals surface area contributed by atoms with Crippen LogP contribution in [0.5, 0.6) is 0 Å². The minimum atomic E-state index is 0.0596. The van der Waals surface area contributed by atoms with Gasteiger partial charge in [0.15, 0.2) is 0 Å². The molecule has 0 amide bonds. The van der Waals surface area contributed by atoms with Gasteiger partial charge in [0.05, 0.1) is 5.54 Å². The van der Waals surface area contributed by atoms with E-state index >= 15 is 0 Å². The normalized spacial score (nSPS) is 14.0. The van der Waals surface area contributed by atoms with Crippen molar-refractivity contribution in [2.75, 3.05) is 5.75 Å². The maximum atomic E-state index is 4.54. The molecule has 13 heavy (non-hydrogen) atoms.